The minimum absolute atomic E-state index is 0.314. The van der Waals surface area contributed by atoms with E-state index in [1.807, 2.05) is 30.3 Å². The summed E-state index contributed by atoms with van der Waals surface area (Å²) in [6.45, 7) is 2.05. The summed E-state index contributed by atoms with van der Waals surface area (Å²) >= 11 is 0. The van der Waals surface area contributed by atoms with Crippen molar-refractivity contribution in [3.05, 3.63) is 78.6 Å². The van der Waals surface area contributed by atoms with Gasteiger partial charge in [0.25, 0.3) is 0 Å². The Bertz CT molecular complexity index is 464. The maximum absolute atomic E-state index is 5.54. The maximum atomic E-state index is 5.54. The number of hydrogen-bond acceptors (Lipinski definition) is 1. The molecule has 0 radical (unpaired) electrons. The molecule has 1 heteroatoms. The van der Waals surface area contributed by atoms with E-state index in [-0.39, 0.29) is 0 Å². The molecule has 0 saturated carbocycles. The quantitative estimate of drug-likeness (QED) is 0.697. The molecular formula is C16H16O. The van der Waals surface area contributed by atoms with Crippen molar-refractivity contribution in [1.29, 1.82) is 0 Å². The highest BCUT2D eigenvalue weighted by atomic mass is 16.5. The predicted molar refractivity (Wildman–Crippen MR) is 71.7 cm³/mol. The van der Waals surface area contributed by atoms with Crippen molar-refractivity contribution in [3.63, 3.8) is 0 Å². The predicted octanol–water partition coefficient (Wildman–Crippen LogP) is 4.27. The van der Waals surface area contributed by atoms with Crippen molar-refractivity contribution in [1.82, 2.24) is 0 Å². The van der Waals surface area contributed by atoms with Crippen LogP contribution < -0.4 is 4.74 Å². The third-order valence-corrected chi connectivity index (χ3v) is 2.67. The lowest BCUT2D eigenvalue weighted by Crippen LogP contribution is -1.98. The first-order chi connectivity index (χ1) is 8.40. The molecular weight excluding hydrogens is 208 g/mol. The molecule has 0 heterocycles. The lowest BCUT2D eigenvalue weighted by Gasteiger charge is -2.11. The Morgan fingerprint density at radius 2 is 1.94 bits per heavy atom. The fourth-order valence-corrected chi connectivity index (χ4v) is 1.74. The van der Waals surface area contributed by atoms with Crippen LogP contribution in [0.5, 0.6) is 5.75 Å². The summed E-state index contributed by atoms with van der Waals surface area (Å²) in [6.07, 6.45) is 14.3. The zero-order valence-electron chi connectivity index (χ0n) is 9.91. The van der Waals surface area contributed by atoms with E-state index in [9.17, 15) is 0 Å². The van der Waals surface area contributed by atoms with Crippen LogP contribution in [0.15, 0.2) is 78.6 Å². The van der Waals surface area contributed by atoms with Gasteiger partial charge in [0.15, 0.2) is 0 Å². The normalized spacial score (nSPS) is 21.2. The van der Waals surface area contributed by atoms with Gasteiger partial charge in [-0.15, -0.1) is 0 Å². The second kappa shape index (κ2) is 5.90. The van der Waals surface area contributed by atoms with Gasteiger partial charge in [-0.05, 0) is 30.7 Å². The molecule has 0 saturated heterocycles. The van der Waals surface area contributed by atoms with Crippen molar-refractivity contribution in [2.24, 2.45) is 5.92 Å². The molecule has 1 aromatic rings. The van der Waals surface area contributed by atoms with E-state index in [1.54, 1.807) is 6.26 Å². The number of ether oxygens (including phenoxy) is 1. The topological polar surface area (TPSA) is 9.23 Å². The average molecular weight is 224 g/mol. The van der Waals surface area contributed by atoms with Gasteiger partial charge in [-0.25, -0.2) is 0 Å². The highest BCUT2D eigenvalue weighted by Gasteiger charge is 2.06. The lowest BCUT2D eigenvalue weighted by atomic mass is 9.94. The first-order valence-corrected chi connectivity index (χ1v) is 5.79. The third kappa shape index (κ3) is 3.22. The van der Waals surface area contributed by atoms with Gasteiger partial charge in [0.2, 0.25) is 0 Å². The monoisotopic (exact) mass is 224 g/mol. The van der Waals surface area contributed by atoms with Crippen LogP contribution in [0, 0.1) is 5.92 Å². The number of rotatable bonds is 3. The Morgan fingerprint density at radius 3 is 2.71 bits per heavy atom. The molecule has 0 bridgehead atoms. The van der Waals surface area contributed by atoms with E-state index in [1.165, 1.54) is 5.57 Å². The van der Waals surface area contributed by atoms with Gasteiger partial charge >= 0.3 is 0 Å². The molecule has 0 fully saturated rings. The van der Waals surface area contributed by atoms with Crippen molar-refractivity contribution >= 4 is 0 Å². The highest BCUT2D eigenvalue weighted by Crippen LogP contribution is 2.20. The summed E-state index contributed by atoms with van der Waals surface area (Å²) in [5.41, 5.74) is 1.29. The minimum Gasteiger partial charge on any atom is -0.465 e. The minimum atomic E-state index is 0.314. The fraction of sp³-hybridized carbons (Fsp3) is 0.125. The Morgan fingerprint density at radius 1 is 1.12 bits per heavy atom. The van der Waals surface area contributed by atoms with Crippen molar-refractivity contribution < 1.29 is 4.74 Å². The molecule has 0 spiro atoms. The zero-order chi connectivity index (χ0) is 11.9. The summed E-state index contributed by atoms with van der Waals surface area (Å²) in [7, 11) is 0. The van der Waals surface area contributed by atoms with E-state index in [0.29, 0.717) is 5.92 Å². The van der Waals surface area contributed by atoms with Crippen LogP contribution in [0.2, 0.25) is 0 Å². The van der Waals surface area contributed by atoms with E-state index in [0.717, 1.165) is 5.75 Å². The molecule has 2 rings (SSSR count). The number of hydrogen-bond donors (Lipinski definition) is 0. The molecule has 0 aliphatic heterocycles. The van der Waals surface area contributed by atoms with Gasteiger partial charge in [0.05, 0.1) is 6.26 Å². The smallest absolute Gasteiger partial charge is 0.126 e. The van der Waals surface area contributed by atoms with Crippen molar-refractivity contribution in [2.45, 2.75) is 6.92 Å². The van der Waals surface area contributed by atoms with Crippen LogP contribution in [0.25, 0.3) is 0 Å². The number of para-hydroxylation sites is 1. The third-order valence-electron chi connectivity index (χ3n) is 2.67. The Hall–Kier alpha value is -2.02. The molecule has 0 aromatic heterocycles. The van der Waals surface area contributed by atoms with Crippen molar-refractivity contribution in [3.8, 4) is 5.75 Å². The Labute approximate surface area is 102 Å². The molecule has 1 aliphatic rings. The average Bonchev–Trinajstić information content (AvgIpc) is 2.40. The first-order valence-electron chi connectivity index (χ1n) is 5.79. The van der Waals surface area contributed by atoms with E-state index in [2.05, 4.69) is 43.4 Å². The van der Waals surface area contributed by atoms with Crippen LogP contribution in [0.1, 0.15) is 6.92 Å². The Kier molecular flexibility index (Phi) is 3.98. The first kappa shape index (κ1) is 11.5. The highest BCUT2D eigenvalue weighted by molar-refractivity contribution is 5.36. The number of allylic oxidation sites excluding steroid dienone is 7. The van der Waals surface area contributed by atoms with Crippen LogP contribution in [0.3, 0.4) is 0 Å². The lowest BCUT2D eigenvalue weighted by molar-refractivity contribution is 0.477. The standard InChI is InChI=1S/C16H16O/c1-2-14-8-6-7-9-15(14)12-13-17-16-10-4-3-5-11-16/h2-13,15H,1H3. The van der Waals surface area contributed by atoms with E-state index < -0.39 is 0 Å². The molecule has 0 N–H and O–H groups in total. The summed E-state index contributed by atoms with van der Waals surface area (Å²) in [5.74, 6) is 1.18. The van der Waals surface area contributed by atoms with Gasteiger partial charge in [0, 0.05) is 5.92 Å². The van der Waals surface area contributed by atoms with Crippen molar-refractivity contribution in [2.75, 3.05) is 0 Å². The molecule has 86 valence electrons. The van der Waals surface area contributed by atoms with Gasteiger partial charge in [-0.1, -0.05) is 48.6 Å². The zero-order valence-corrected chi connectivity index (χ0v) is 9.91. The second-order valence-corrected chi connectivity index (χ2v) is 3.82. The van der Waals surface area contributed by atoms with Gasteiger partial charge in [0.1, 0.15) is 5.75 Å². The molecule has 1 nitrogen and oxygen atoms in total. The SMILES string of the molecule is CC=C1C=CC=CC1C=COc1ccccc1. The molecule has 0 amide bonds. The largest absolute Gasteiger partial charge is 0.465 e. The summed E-state index contributed by atoms with van der Waals surface area (Å²) in [5, 5.41) is 0. The fourth-order valence-electron chi connectivity index (χ4n) is 1.74. The molecule has 1 unspecified atom stereocenters. The van der Waals surface area contributed by atoms with Crippen LogP contribution >= 0.6 is 0 Å². The van der Waals surface area contributed by atoms with Gasteiger partial charge in [-0.3, -0.25) is 0 Å². The Balaban J connectivity index is 1.97. The molecule has 1 atom stereocenters. The van der Waals surface area contributed by atoms with Crippen LogP contribution in [-0.4, -0.2) is 0 Å². The summed E-state index contributed by atoms with van der Waals surface area (Å²) in [6, 6.07) is 9.78. The second-order valence-electron chi connectivity index (χ2n) is 3.82. The van der Waals surface area contributed by atoms with E-state index in [4.69, 9.17) is 4.74 Å². The molecule has 17 heavy (non-hydrogen) atoms. The van der Waals surface area contributed by atoms with Gasteiger partial charge < -0.3 is 4.74 Å². The summed E-state index contributed by atoms with van der Waals surface area (Å²) < 4.78 is 5.54. The van der Waals surface area contributed by atoms with E-state index >= 15 is 0 Å². The van der Waals surface area contributed by atoms with Crippen LogP contribution in [0.4, 0.5) is 0 Å². The number of benzene rings is 1. The van der Waals surface area contributed by atoms with Gasteiger partial charge in [-0.2, -0.15) is 0 Å². The molecule has 1 aliphatic carbocycles. The molecule has 1 aromatic carbocycles. The maximum Gasteiger partial charge on any atom is 0.126 e. The van der Waals surface area contributed by atoms with Crippen LogP contribution in [-0.2, 0) is 0 Å². The summed E-state index contributed by atoms with van der Waals surface area (Å²) in [4.78, 5) is 0.